The number of carbonyl (C=O) groups is 1. The van der Waals surface area contributed by atoms with Crippen LogP contribution in [0.2, 0.25) is 0 Å². The molecule has 0 aliphatic carbocycles. The van der Waals surface area contributed by atoms with Crippen molar-refractivity contribution in [2.45, 2.75) is 10.6 Å². The standard InChI is InChI=1S/C12H8F2O3S/c13-8-1-4-12(11(14)5-8)18(16)7-10-3-2-9(6-15)17-10/h1-6H,7H2. The van der Waals surface area contributed by atoms with Gasteiger partial charge in [-0.3, -0.25) is 9.00 Å². The molecule has 2 rings (SSSR count). The lowest BCUT2D eigenvalue weighted by atomic mass is 10.3. The van der Waals surface area contributed by atoms with Crippen LogP contribution >= 0.6 is 0 Å². The van der Waals surface area contributed by atoms with Crippen LogP contribution in [0.25, 0.3) is 0 Å². The molecule has 1 heterocycles. The number of rotatable bonds is 4. The molecule has 94 valence electrons. The predicted molar refractivity (Wildman–Crippen MR) is 60.6 cm³/mol. The number of halogens is 2. The van der Waals surface area contributed by atoms with Crippen molar-refractivity contribution < 1.29 is 22.2 Å². The number of aldehydes is 1. The van der Waals surface area contributed by atoms with Gasteiger partial charge in [0.25, 0.3) is 0 Å². The summed E-state index contributed by atoms with van der Waals surface area (Å²) in [6.45, 7) is 0. The molecule has 3 nitrogen and oxygen atoms in total. The zero-order valence-corrected chi connectivity index (χ0v) is 9.88. The van der Waals surface area contributed by atoms with E-state index in [1.807, 2.05) is 0 Å². The van der Waals surface area contributed by atoms with Crippen LogP contribution in [-0.2, 0) is 16.6 Å². The fraction of sp³-hybridized carbons (Fsp3) is 0.0833. The van der Waals surface area contributed by atoms with Gasteiger partial charge in [0.15, 0.2) is 12.0 Å². The average molecular weight is 270 g/mol. The molecule has 1 atom stereocenters. The molecule has 0 N–H and O–H groups in total. The predicted octanol–water partition coefficient (Wildman–Crippen LogP) is 2.68. The molecular formula is C12H8F2O3S. The van der Waals surface area contributed by atoms with Crippen molar-refractivity contribution in [1.82, 2.24) is 0 Å². The quantitative estimate of drug-likeness (QED) is 0.802. The number of furan rings is 1. The molecule has 2 aromatic rings. The van der Waals surface area contributed by atoms with Gasteiger partial charge in [0.05, 0.1) is 21.4 Å². The van der Waals surface area contributed by atoms with E-state index in [-0.39, 0.29) is 16.4 Å². The molecule has 0 saturated heterocycles. The van der Waals surface area contributed by atoms with Crippen molar-refractivity contribution >= 4 is 17.1 Å². The van der Waals surface area contributed by atoms with Crippen LogP contribution in [0.15, 0.2) is 39.6 Å². The Morgan fingerprint density at radius 3 is 2.61 bits per heavy atom. The minimum absolute atomic E-state index is 0.0730. The highest BCUT2D eigenvalue weighted by Crippen LogP contribution is 2.18. The molecule has 0 aliphatic rings. The van der Waals surface area contributed by atoms with Crippen molar-refractivity contribution in [2.24, 2.45) is 0 Å². The SMILES string of the molecule is O=Cc1ccc(CS(=O)c2ccc(F)cc2F)o1. The van der Waals surface area contributed by atoms with E-state index >= 15 is 0 Å². The normalized spacial score (nSPS) is 12.3. The highest BCUT2D eigenvalue weighted by atomic mass is 32.2. The third-order valence-corrected chi connectivity index (χ3v) is 3.58. The Labute approximate surface area is 104 Å². The number of carbonyl (C=O) groups excluding carboxylic acids is 1. The highest BCUT2D eigenvalue weighted by molar-refractivity contribution is 7.84. The summed E-state index contributed by atoms with van der Waals surface area (Å²) in [5, 5.41) is 0. The smallest absolute Gasteiger partial charge is 0.185 e. The van der Waals surface area contributed by atoms with E-state index in [0.29, 0.717) is 18.1 Å². The Hall–Kier alpha value is -1.82. The lowest BCUT2D eigenvalue weighted by Crippen LogP contribution is -1.99. The Bertz CT molecular complexity index is 607. The van der Waals surface area contributed by atoms with Gasteiger partial charge in [-0.25, -0.2) is 8.78 Å². The van der Waals surface area contributed by atoms with Crippen molar-refractivity contribution in [2.75, 3.05) is 0 Å². The summed E-state index contributed by atoms with van der Waals surface area (Å²) in [4.78, 5) is 10.3. The fourth-order valence-electron chi connectivity index (χ4n) is 1.40. The van der Waals surface area contributed by atoms with Crippen LogP contribution in [0.1, 0.15) is 16.3 Å². The van der Waals surface area contributed by atoms with E-state index < -0.39 is 22.4 Å². The summed E-state index contributed by atoms with van der Waals surface area (Å²) in [6, 6.07) is 5.76. The van der Waals surface area contributed by atoms with E-state index in [2.05, 4.69) is 0 Å². The molecule has 1 aromatic heterocycles. The van der Waals surface area contributed by atoms with Gasteiger partial charge in [-0.1, -0.05) is 0 Å². The molecule has 1 unspecified atom stereocenters. The minimum atomic E-state index is -1.69. The summed E-state index contributed by atoms with van der Waals surface area (Å²) in [5.41, 5.74) is 0. The second-order valence-electron chi connectivity index (χ2n) is 3.49. The van der Waals surface area contributed by atoms with E-state index in [4.69, 9.17) is 4.42 Å². The highest BCUT2D eigenvalue weighted by Gasteiger charge is 2.13. The van der Waals surface area contributed by atoms with Crippen LogP contribution < -0.4 is 0 Å². The first kappa shape index (κ1) is 12.6. The molecular weight excluding hydrogens is 262 g/mol. The maximum absolute atomic E-state index is 13.4. The van der Waals surface area contributed by atoms with Crippen molar-refractivity contribution in [3.05, 3.63) is 53.5 Å². The fourth-order valence-corrected chi connectivity index (χ4v) is 2.47. The molecule has 0 aliphatic heterocycles. The summed E-state index contributed by atoms with van der Waals surface area (Å²) < 4.78 is 42.9. The van der Waals surface area contributed by atoms with E-state index in [1.54, 1.807) is 0 Å². The molecule has 0 amide bonds. The Kier molecular flexibility index (Phi) is 3.66. The van der Waals surface area contributed by atoms with E-state index in [0.717, 1.165) is 12.1 Å². The van der Waals surface area contributed by atoms with Crippen LogP contribution in [0.5, 0.6) is 0 Å². The maximum atomic E-state index is 13.4. The lowest BCUT2D eigenvalue weighted by Gasteiger charge is -2.02. The lowest BCUT2D eigenvalue weighted by molar-refractivity contribution is 0.109. The zero-order chi connectivity index (χ0) is 13.1. The summed E-state index contributed by atoms with van der Waals surface area (Å²) >= 11 is 0. The van der Waals surface area contributed by atoms with Gasteiger partial charge in [0, 0.05) is 6.07 Å². The van der Waals surface area contributed by atoms with Gasteiger partial charge < -0.3 is 4.42 Å². The Morgan fingerprint density at radius 1 is 1.22 bits per heavy atom. The van der Waals surface area contributed by atoms with Gasteiger partial charge in [-0.05, 0) is 24.3 Å². The number of benzene rings is 1. The molecule has 0 bridgehead atoms. The minimum Gasteiger partial charge on any atom is -0.457 e. The van der Waals surface area contributed by atoms with Crippen LogP contribution in [0.3, 0.4) is 0 Å². The molecule has 0 spiro atoms. The van der Waals surface area contributed by atoms with Gasteiger partial charge in [0.2, 0.25) is 0 Å². The maximum Gasteiger partial charge on any atom is 0.185 e. The van der Waals surface area contributed by atoms with Crippen LogP contribution in [0.4, 0.5) is 8.78 Å². The zero-order valence-electron chi connectivity index (χ0n) is 9.06. The molecule has 18 heavy (non-hydrogen) atoms. The van der Waals surface area contributed by atoms with Gasteiger partial charge in [0.1, 0.15) is 17.4 Å². The summed E-state index contributed by atoms with van der Waals surface area (Å²) in [5.74, 6) is -1.25. The topological polar surface area (TPSA) is 47.3 Å². The van der Waals surface area contributed by atoms with E-state index in [1.165, 1.54) is 12.1 Å². The third kappa shape index (κ3) is 2.70. The van der Waals surface area contributed by atoms with Crippen molar-refractivity contribution in [1.29, 1.82) is 0 Å². The second kappa shape index (κ2) is 5.22. The monoisotopic (exact) mass is 270 g/mol. The van der Waals surface area contributed by atoms with Crippen LogP contribution in [0, 0.1) is 11.6 Å². The van der Waals surface area contributed by atoms with E-state index in [9.17, 15) is 17.8 Å². The number of hydrogen-bond donors (Lipinski definition) is 0. The third-order valence-electron chi connectivity index (χ3n) is 2.21. The first-order valence-electron chi connectivity index (χ1n) is 4.97. The molecule has 6 heteroatoms. The Morgan fingerprint density at radius 2 is 2.00 bits per heavy atom. The first-order chi connectivity index (χ1) is 8.60. The summed E-state index contributed by atoms with van der Waals surface area (Å²) in [6.07, 6.45) is 0.519. The number of hydrogen-bond acceptors (Lipinski definition) is 3. The summed E-state index contributed by atoms with van der Waals surface area (Å²) in [7, 11) is -1.69. The first-order valence-corrected chi connectivity index (χ1v) is 6.29. The average Bonchev–Trinajstić information content (AvgIpc) is 2.76. The molecule has 0 fully saturated rings. The second-order valence-corrected chi connectivity index (χ2v) is 4.91. The molecule has 0 radical (unpaired) electrons. The van der Waals surface area contributed by atoms with Gasteiger partial charge >= 0.3 is 0 Å². The largest absolute Gasteiger partial charge is 0.457 e. The van der Waals surface area contributed by atoms with Crippen LogP contribution in [-0.4, -0.2) is 10.5 Å². The van der Waals surface area contributed by atoms with Gasteiger partial charge in [-0.2, -0.15) is 0 Å². The molecule has 1 aromatic carbocycles. The van der Waals surface area contributed by atoms with Crippen molar-refractivity contribution in [3.8, 4) is 0 Å². The van der Waals surface area contributed by atoms with Gasteiger partial charge in [-0.15, -0.1) is 0 Å². The molecule has 0 saturated carbocycles. The Balaban J connectivity index is 2.19. The van der Waals surface area contributed by atoms with Crippen molar-refractivity contribution in [3.63, 3.8) is 0 Å².